The zero-order chi connectivity index (χ0) is 17.1. The number of aryl methyl sites for hydroxylation is 1. The maximum Gasteiger partial charge on any atom is 0.248 e. The molecule has 4 nitrogen and oxygen atoms in total. The van der Waals surface area contributed by atoms with Crippen LogP contribution in [0.2, 0.25) is 5.02 Å². The number of nitrogens with two attached hydrogens (primary N) is 1. The van der Waals surface area contributed by atoms with Crippen molar-refractivity contribution in [1.82, 2.24) is 0 Å². The van der Waals surface area contributed by atoms with Crippen molar-refractivity contribution in [2.75, 3.05) is 25.0 Å². The lowest BCUT2D eigenvalue weighted by Crippen LogP contribution is -2.27. The Labute approximate surface area is 146 Å². The van der Waals surface area contributed by atoms with Crippen molar-refractivity contribution in [2.45, 2.75) is 12.8 Å². The molecule has 0 spiro atoms. The highest BCUT2D eigenvalue weighted by Crippen LogP contribution is 2.29. The Morgan fingerprint density at radius 3 is 2.88 bits per heavy atom. The van der Waals surface area contributed by atoms with E-state index in [1.165, 1.54) is 5.56 Å². The summed E-state index contributed by atoms with van der Waals surface area (Å²) in [6, 6.07) is 13.8. The van der Waals surface area contributed by atoms with E-state index in [9.17, 15) is 4.79 Å². The van der Waals surface area contributed by atoms with Crippen molar-refractivity contribution in [1.29, 1.82) is 0 Å². The number of likely N-dealkylation sites (N-methyl/N-ethyl adjacent to an activating group) is 1. The highest BCUT2D eigenvalue weighted by atomic mass is 35.5. The first-order chi connectivity index (χ1) is 11.6. The van der Waals surface area contributed by atoms with Gasteiger partial charge in [0.15, 0.2) is 0 Å². The first kappa shape index (κ1) is 16.7. The molecule has 3 rings (SSSR count). The summed E-state index contributed by atoms with van der Waals surface area (Å²) >= 11 is 6.19. The van der Waals surface area contributed by atoms with Gasteiger partial charge in [0.1, 0.15) is 6.54 Å². The van der Waals surface area contributed by atoms with Crippen LogP contribution in [-0.4, -0.2) is 31.8 Å². The number of benzene rings is 2. The van der Waals surface area contributed by atoms with Gasteiger partial charge in [0.2, 0.25) is 5.91 Å². The minimum atomic E-state index is -0.0344. The highest BCUT2D eigenvalue weighted by molar-refractivity contribution is 6.32. The van der Waals surface area contributed by atoms with Crippen molar-refractivity contribution in [3.05, 3.63) is 64.2 Å². The van der Waals surface area contributed by atoms with Crippen molar-refractivity contribution < 1.29 is 4.79 Å². The van der Waals surface area contributed by atoms with Crippen LogP contribution in [0, 0.1) is 0 Å². The SMILES string of the molecule is CN1C(=O)CN=C(c2cccc(CCCN)c2)c2cc(Cl)ccc21. The molecule has 1 aliphatic rings. The molecule has 1 aliphatic heterocycles. The lowest BCUT2D eigenvalue weighted by Gasteiger charge is -2.18. The molecule has 2 N–H and O–H groups in total. The van der Waals surface area contributed by atoms with Gasteiger partial charge in [0.05, 0.1) is 11.4 Å². The monoisotopic (exact) mass is 341 g/mol. The molecule has 2 aromatic rings. The molecule has 124 valence electrons. The number of halogens is 1. The Morgan fingerprint density at radius 1 is 1.25 bits per heavy atom. The third-order valence-electron chi connectivity index (χ3n) is 4.19. The second-order valence-electron chi connectivity index (χ2n) is 5.87. The largest absolute Gasteiger partial charge is 0.330 e. The normalized spacial score (nSPS) is 14.2. The Bertz CT molecular complexity index is 801. The fourth-order valence-corrected chi connectivity index (χ4v) is 3.06. The summed E-state index contributed by atoms with van der Waals surface area (Å²) in [7, 11) is 1.77. The van der Waals surface area contributed by atoms with Gasteiger partial charge < -0.3 is 10.6 Å². The number of hydrogen-bond donors (Lipinski definition) is 1. The van der Waals surface area contributed by atoms with Gasteiger partial charge in [-0.15, -0.1) is 0 Å². The maximum absolute atomic E-state index is 12.2. The molecular weight excluding hydrogens is 322 g/mol. The van der Waals surface area contributed by atoms with Crippen LogP contribution in [0.3, 0.4) is 0 Å². The average molecular weight is 342 g/mol. The summed E-state index contributed by atoms with van der Waals surface area (Å²) in [5.74, 6) is -0.0344. The number of fused-ring (bicyclic) bond motifs is 1. The lowest BCUT2D eigenvalue weighted by atomic mass is 9.97. The predicted molar refractivity (Wildman–Crippen MR) is 99.2 cm³/mol. The van der Waals surface area contributed by atoms with Crippen LogP contribution in [0.25, 0.3) is 0 Å². The Morgan fingerprint density at radius 2 is 2.08 bits per heavy atom. The number of nitrogens with zero attached hydrogens (tertiary/aromatic N) is 2. The van der Waals surface area contributed by atoms with Crippen LogP contribution in [0.15, 0.2) is 47.5 Å². The van der Waals surface area contributed by atoms with Crippen molar-refractivity contribution in [3.8, 4) is 0 Å². The maximum atomic E-state index is 12.2. The van der Waals surface area contributed by atoms with Crippen molar-refractivity contribution in [2.24, 2.45) is 10.7 Å². The van der Waals surface area contributed by atoms with Gasteiger partial charge in [0.25, 0.3) is 0 Å². The van der Waals surface area contributed by atoms with Crippen LogP contribution in [-0.2, 0) is 11.2 Å². The molecule has 0 aliphatic carbocycles. The van der Waals surface area contributed by atoms with Crippen LogP contribution in [0.5, 0.6) is 0 Å². The lowest BCUT2D eigenvalue weighted by molar-refractivity contribution is -0.116. The third kappa shape index (κ3) is 3.35. The van der Waals surface area contributed by atoms with Crippen LogP contribution in [0.1, 0.15) is 23.1 Å². The quantitative estimate of drug-likeness (QED) is 0.929. The number of anilines is 1. The second-order valence-corrected chi connectivity index (χ2v) is 6.31. The second kappa shape index (κ2) is 7.16. The molecule has 1 amide bonds. The first-order valence-corrected chi connectivity index (χ1v) is 8.38. The fraction of sp³-hybridized carbons (Fsp3) is 0.263. The number of carbonyl (C=O) groups excluding carboxylic acids is 1. The molecule has 24 heavy (non-hydrogen) atoms. The molecular formula is C19H20ClN3O. The van der Waals surface area contributed by atoms with E-state index in [0.29, 0.717) is 11.6 Å². The number of rotatable bonds is 4. The molecule has 0 atom stereocenters. The smallest absolute Gasteiger partial charge is 0.248 e. The van der Waals surface area contributed by atoms with E-state index in [1.807, 2.05) is 24.3 Å². The van der Waals surface area contributed by atoms with Crippen molar-refractivity contribution >= 4 is 28.9 Å². The molecule has 0 radical (unpaired) electrons. The molecule has 0 saturated carbocycles. The molecule has 0 bridgehead atoms. The van der Waals surface area contributed by atoms with Gasteiger partial charge in [-0.1, -0.05) is 29.8 Å². The molecule has 0 fully saturated rings. The van der Waals surface area contributed by atoms with Gasteiger partial charge in [-0.05, 0) is 49.2 Å². The summed E-state index contributed by atoms with van der Waals surface area (Å²) in [6.07, 6.45) is 1.87. The van der Waals surface area contributed by atoms with E-state index in [1.54, 1.807) is 18.0 Å². The zero-order valence-corrected chi connectivity index (χ0v) is 14.4. The summed E-state index contributed by atoms with van der Waals surface area (Å²) in [6.45, 7) is 0.800. The van der Waals surface area contributed by atoms with Gasteiger partial charge in [0, 0.05) is 23.2 Å². The number of aliphatic imine (C=N–C) groups is 1. The molecule has 0 aromatic heterocycles. The van der Waals surface area contributed by atoms with E-state index < -0.39 is 0 Å². The standard InChI is InChI=1S/C19H20ClN3O/c1-23-17-8-7-15(20)11-16(17)19(22-12-18(23)24)14-6-2-4-13(10-14)5-3-9-21/h2,4,6-8,10-11H,3,5,9,12,21H2,1H3. The van der Waals surface area contributed by atoms with E-state index >= 15 is 0 Å². The van der Waals surface area contributed by atoms with Crippen molar-refractivity contribution in [3.63, 3.8) is 0 Å². The van der Waals surface area contributed by atoms with E-state index in [4.69, 9.17) is 17.3 Å². The van der Waals surface area contributed by atoms with Gasteiger partial charge >= 0.3 is 0 Å². The first-order valence-electron chi connectivity index (χ1n) is 8.00. The van der Waals surface area contributed by atoms with E-state index in [0.717, 1.165) is 35.4 Å². The third-order valence-corrected chi connectivity index (χ3v) is 4.43. The highest BCUT2D eigenvalue weighted by Gasteiger charge is 2.22. The number of amides is 1. The minimum absolute atomic E-state index is 0.0344. The fourth-order valence-electron chi connectivity index (χ4n) is 2.89. The summed E-state index contributed by atoms with van der Waals surface area (Å²) in [4.78, 5) is 18.4. The summed E-state index contributed by atoms with van der Waals surface area (Å²) in [5, 5.41) is 0.628. The van der Waals surface area contributed by atoms with Crippen LogP contribution >= 0.6 is 11.6 Å². The molecule has 5 heteroatoms. The van der Waals surface area contributed by atoms with Gasteiger partial charge in [-0.25, -0.2) is 0 Å². The minimum Gasteiger partial charge on any atom is -0.330 e. The summed E-state index contributed by atoms with van der Waals surface area (Å²) in [5.41, 5.74) is 10.3. The molecule has 1 heterocycles. The predicted octanol–water partition coefficient (Wildman–Crippen LogP) is 3.05. The van der Waals surface area contributed by atoms with Gasteiger partial charge in [-0.3, -0.25) is 9.79 Å². The van der Waals surface area contributed by atoms with E-state index in [2.05, 4.69) is 17.1 Å². The zero-order valence-electron chi connectivity index (χ0n) is 13.6. The van der Waals surface area contributed by atoms with E-state index in [-0.39, 0.29) is 12.5 Å². The molecule has 0 saturated heterocycles. The Hall–Kier alpha value is -2.17. The molecule has 2 aromatic carbocycles. The van der Waals surface area contributed by atoms with Gasteiger partial charge in [-0.2, -0.15) is 0 Å². The van der Waals surface area contributed by atoms with Crippen LogP contribution in [0.4, 0.5) is 5.69 Å². The number of carbonyl (C=O) groups is 1. The summed E-state index contributed by atoms with van der Waals surface area (Å²) < 4.78 is 0. The number of hydrogen-bond acceptors (Lipinski definition) is 3. The topological polar surface area (TPSA) is 58.7 Å². The Kier molecular flexibility index (Phi) is 4.97. The molecule has 0 unspecified atom stereocenters. The number of benzodiazepines with no additional fused rings is 1. The van der Waals surface area contributed by atoms with Crippen LogP contribution < -0.4 is 10.6 Å². The average Bonchev–Trinajstić information content (AvgIpc) is 2.71. The Balaban J connectivity index is 2.09.